The molecule has 0 rings (SSSR count). The van der Waals surface area contributed by atoms with Gasteiger partial charge in [-0.15, -0.1) is 6.58 Å². The second kappa shape index (κ2) is 16.6. The molecule has 0 bridgehead atoms. The average Bonchev–Trinajstić information content (AvgIpc) is 2.39. The van der Waals surface area contributed by atoms with Crippen LogP contribution in [0.15, 0.2) is 12.7 Å². The van der Waals surface area contributed by atoms with Crippen molar-refractivity contribution in [2.45, 2.75) is 26.2 Å². The number of nitrogens with one attached hydrogen (secondary N) is 4. The zero-order chi connectivity index (χ0) is 13.3. The molecule has 4 heteroatoms. The van der Waals surface area contributed by atoms with Gasteiger partial charge in [0.05, 0.1) is 0 Å². The molecule has 0 aromatic rings. The third kappa shape index (κ3) is 15.6. The van der Waals surface area contributed by atoms with Crippen molar-refractivity contribution in [3.63, 3.8) is 0 Å². The molecular weight excluding hydrogens is 224 g/mol. The summed E-state index contributed by atoms with van der Waals surface area (Å²) in [4.78, 5) is 0. The minimum absolute atomic E-state index is 0.914. The van der Waals surface area contributed by atoms with Gasteiger partial charge in [-0.25, -0.2) is 0 Å². The van der Waals surface area contributed by atoms with Crippen LogP contribution in [-0.2, 0) is 0 Å². The van der Waals surface area contributed by atoms with Gasteiger partial charge in [-0.05, 0) is 65.1 Å². The Kier molecular flexibility index (Phi) is 16.2. The van der Waals surface area contributed by atoms with Crippen LogP contribution in [0, 0.1) is 0 Å². The molecule has 0 fully saturated rings. The fourth-order valence-electron chi connectivity index (χ4n) is 1.65. The standard InChI is InChI=1S/C14H32N4/c1-3-8-16-10-6-12-18-14-7-13-17-11-5-9-15-4-2/h3,15-18H,1,4-14H2,2H3. The molecular formula is C14H32N4. The van der Waals surface area contributed by atoms with Crippen molar-refractivity contribution in [2.24, 2.45) is 0 Å². The molecule has 0 spiro atoms. The van der Waals surface area contributed by atoms with Crippen molar-refractivity contribution in [2.75, 3.05) is 52.4 Å². The zero-order valence-corrected chi connectivity index (χ0v) is 12.1. The Labute approximate surface area is 113 Å². The van der Waals surface area contributed by atoms with E-state index in [1.54, 1.807) is 0 Å². The van der Waals surface area contributed by atoms with E-state index in [1.165, 1.54) is 19.3 Å². The van der Waals surface area contributed by atoms with Crippen molar-refractivity contribution in [1.29, 1.82) is 0 Å². The summed E-state index contributed by atoms with van der Waals surface area (Å²) in [5.41, 5.74) is 0. The largest absolute Gasteiger partial charge is 0.317 e. The first-order valence-electron chi connectivity index (χ1n) is 7.35. The lowest BCUT2D eigenvalue weighted by Crippen LogP contribution is -2.26. The Bertz CT molecular complexity index is 162. The molecule has 4 N–H and O–H groups in total. The first kappa shape index (κ1) is 17.6. The summed E-state index contributed by atoms with van der Waals surface area (Å²) in [5.74, 6) is 0. The van der Waals surface area contributed by atoms with E-state index in [0.717, 1.165) is 52.4 Å². The molecule has 0 aromatic heterocycles. The van der Waals surface area contributed by atoms with Crippen LogP contribution in [0.5, 0.6) is 0 Å². The lowest BCUT2D eigenvalue weighted by Gasteiger charge is -2.07. The Morgan fingerprint density at radius 1 is 0.722 bits per heavy atom. The lowest BCUT2D eigenvalue weighted by molar-refractivity contribution is 0.558. The Morgan fingerprint density at radius 2 is 1.17 bits per heavy atom. The summed E-state index contributed by atoms with van der Waals surface area (Å²) in [7, 11) is 0. The molecule has 0 atom stereocenters. The Morgan fingerprint density at radius 3 is 1.61 bits per heavy atom. The molecule has 4 nitrogen and oxygen atoms in total. The maximum atomic E-state index is 3.67. The summed E-state index contributed by atoms with van der Waals surface area (Å²) >= 11 is 0. The van der Waals surface area contributed by atoms with Crippen molar-refractivity contribution in [3.8, 4) is 0 Å². The highest BCUT2D eigenvalue weighted by Crippen LogP contribution is 1.78. The van der Waals surface area contributed by atoms with Crippen LogP contribution in [-0.4, -0.2) is 52.4 Å². The molecule has 0 aliphatic heterocycles. The van der Waals surface area contributed by atoms with E-state index in [-0.39, 0.29) is 0 Å². The Hall–Kier alpha value is -0.420. The molecule has 0 unspecified atom stereocenters. The fourth-order valence-corrected chi connectivity index (χ4v) is 1.65. The van der Waals surface area contributed by atoms with Crippen molar-refractivity contribution in [3.05, 3.63) is 12.7 Å². The smallest absolute Gasteiger partial charge is 0.0132 e. The van der Waals surface area contributed by atoms with Gasteiger partial charge < -0.3 is 21.3 Å². The SMILES string of the molecule is C=CCNCCCNCCCNCCCNCC. The first-order chi connectivity index (χ1) is 8.91. The van der Waals surface area contributed by atoms with Crippen LogP contribution >= 0.6 is 0 Å². The number of rotatable bonds is 15. The van der Waals surface area contributed by atoms with E-state index < -0.39 is 0 Å². The van der Waals surface area contributed by atoms with Crippen molar-refractivity contribution in [1.82, 2.24) is 21.3 Å². The normalized spacial score (nSPS) is 10.7. The van der Waals surface area contributed by atoms with Gasteiger partial charge in [0.2, 0.25) is 0 Å². The first-order valence-corrected chi connectivity index (χ1v) is 7.35. The third-order valence-corrected chi connectivity index (χ3v) is 2.66. The van der Waals surface area contributed by atoms with Crippen molar-refractivity contribution >= 4 is 0 Å². The van der Waals surface area contributed by atoms with Crippen LogP contribution in [0.25, 0.3) is 0 Å². The van der Waals surface area contributed by atoms with Gasteiger partial charge >= 0.3 is 0 Å². The average molecular weight is 256 g/mol. The lowest BCUT2D eigenvalue weighted by atomic mass is 10.3. The predicted octanol–water partition coefficient (Wildman–Crippen LogP) is 0.721. The van der Waals surface area contributed by atoms with Crippen LogP contribution in [0.4, 0.5) is 0 Å². The second-order valence-electron chi connectivity index (χ2n) is 4.41. The minimum Gasteiger partial charge on any atom is -0.317 e. The molecule has 108 valence electrons. The van der Waals surface area contributed by atoms with E-state index in [4.69, 9.17) is 0 Å². The van der Waals surface area contributed by atoms with Crippen LogP contribution in [0.2, 0.25) is 0 Å². The summed E-state index contributed by atoms with van der Waals surface area (Å²) in [6.07, 6.45) is 5.51. The van der Waals surface area contributed by atoms with Gasteiger partial charge in [-0.3, -0.25) is 0 Å². The maximum Gasteiger partial charge on any atom is 0.0132 e. The topological polar surface area (TPSA) is 48.1 Å². The number of hydrogen-bond acceptors (Lipinski definition) is 4. The minimum atomic E-state index is 0.914. The molecule has 0 amide bonds. The zero-order valence-electron chi connectivity index (χ0n) is 12.1. The van der Waals surface area contributed by atoms with Gasteiger partial charge in [0.1, 0.15) is 0 Å². The Balaban J connectivity index is 2.88. The van der Waals surface area contributed by atoms with Crippen LogP contribution < -0.4 is 21.3 Å². The summed E-state index contributed by atoms with van der Waals surface area (Å²) in [5, 5.41) is 13.5. The molecule has 0 saturated carbocycles. The van der Waals surface area contributed by atoms with Gasteiger partial charge in [-0.2, -0.15) is 0 Å². The van der Waals surface area contributed by atoms with E-state index in [1.807, 2.05) is 6.08 Å². The summed E-state index contributed by atoms with van der Waals surface area (Å²) < 4.78 is 0. The van der Waals surface area contributed by atoms with Gasteiger partial charge in [0.25, 0.3) is 0 Å². The maximum absolute atomic E-state index is 3.67. The second-order valence-corrected chi connectivity index (χ2v) is 4.41. The molecule has 0 heterocycles. The highest BCUT2D eigenvalue weighted by atomic mass is 14.9. The molecule has 0 aliphatic rings. The molecule has 18 heavy (non-hydrogen) atoms. The molecule has 0 radical (unpaired) electrons. The van der Waals surface area contributed by atoms with Crippen molar-refractivity contribution < 1.29 is 0 Å². The van der Waals surface area contributed by atoms with Crippen LogP contribution in [0.3, 0.4) is 0 Å². The van der Waals surface area contributed by atoms with E-state index in [0.29, 0.717) is 0 Å². The quantitative estimate of drug-likeness (QED) is 0.258. The van der Waals surface area contributed by atoms with E-state index in [9.17, 15) is 0 Å². The number of hydrogen-bond donors (Lipinski definition) is 4. The van der Waals surface area contributed by atoms with Gasteiger partial charge in [0, 0.05) is 6.54 Å². The van der Waals surface area contributed by atoms with Gasteiger partial charge in [0.15, 0.2) is 0 Å². The highest BCUT2D eigenvalue weighted by Gasteiger charge is 1.90. The third-order valence-electron chi connectivity index (χ3n) is 2.66. The molecule has 0 saturated heterocycles. The van der Waals surface area contributed by atoms with E-state index in [2.05, 4.69) is 34.8 Å². The summed E-state index contributed by atoms with van der Waals surface area (Å²) in [6.45, 7) is 14.5. The van der Waals surface area contributed by atoms with Crippen LogP contribution in [0.1, 0.15) is 26.2 Å². The van der Waals surface area contributed by atoms with Gasteiger partial charge in [-0.1, -0.05) is 13.0 Å². The highest BCUT2D eigenvalue weighted by molar-refractivity contribution is 4.69. The summed E-state index contributed by atoms with van der Waals surface area (Å²) in [6, 6.07) is 0. The fraction of sp³-hybridized carbons (Fsp3) is 0.857. The monoisotopic (exact) mass is 256 g/mol. The predicted molar refractivity (Wildman–Crippen MR) is 81.2 cm³/mol. The molecule has 0 aromatic carbocycles. The molecule has 0 aliphatic carbocycles. The van der Waals surface area contributed by atoms with E-state index >= 15 is 0 Å².